The number of aryl methyl sites for hydroxylation is 3. The van der Waals surface area contributed by atoms with Crippen molar-refractivity contribution in [1.82, 2.24) is 4.57 Å². The van der Waals surface area contributed by atoms with Crippen LogP contribution in [-0.2, 0) is 0 Å². The lowest BCUT2D eigenvalue weighted by atomic mass is 10.1. The van der Waals surface area contributed by atoms with E-state index in [0.29, 0.717) is 0 Å². The third-order valence-electron chi connectivity index (χ3n) is 4.02. The SMILES string of the molecule is Cc1ccc2c(c1)c1cc(C)ccc1n2-c1ccc(C)s1. The summed E-state index contributed by atoms with van der Waals surface area (Å²) in [5.74, 6) is 0. The van der Waals surface area contributed by atoms with Crippen LogP contribution in [0.5, 0.6) is 0 Å². The van der Waals surface area contributed by atoms with Crippen molar-refractivity contribution >= 4 is 33.1 Å². The predicted molar refractivity (Wildman–Crippen MR) is 92.9 cm³/mol. The van der Waals surface area contributed by atoms with E-state index in [0.717, 1.165) is 0 Å². The van der Waals surface area contributed by atoms with Gasteiger partial charge < -0.3 is 4.57 Å². The Morgan fingerprint density at radius 1 is 0.714 bits per heavy atom. The lowest BCUT2D eigenvalue weighted by molar-refractivity contribution is 1.22. The van der Waals surface area contributed by atoms with Crippen molar-refractivity contribution < 1.29 is 0 Å². The van der Waals surface area contributed by atoms with E-state index in [4.69, 9.17) is 0 Å². The minimum atomic E-state index is 1.29. The molecule has 4 aromatic rings. The first-order valence-electron chi connectivity index (χ1n) is 7.22. The van der Waals surface area contributed by atoms with Crippen LogP contribution >= 0.6 is 11.3 Å². The Morgan fingerprint density at radius 2 is 1.29 bits per heavy atom. The lowest BCUT2D eigenvalue weighted by Gasteiger charge is -2.04. The molecule has 0 aliphatic heterocycles. The monoisotopic (exact) mass is 291 g/mol. The van der Waals surface area contributed by atoms with Crippen LogP contribution in [0.1, 0.15) is 16.0 Å². The molecule has 104 valence electrons. The Hall–Kier alpha value is -2.06. The average molecular weight is 291 g/mol. The molecule has 2 heteroatoms. The minimum absolute atomic E-state index is 1.29. The third kappa shape index (κ3) is 1.90. The van der Waals surface area contributed by atoms with Crippen molar-refractivity contribution in [3.63, 3.8) is 0 Å². The standard InChI is InChI=1S/C19H17NS/c1-12-4-7-17-15(10-12)16-11-13(2)5-8-18(16)20(17)19-9-6-14(3)21-19/h4-11H,1-3H3. The Kier molecular flexibility index (Phi) is 2.69. The second kappa shape index (κ2) is 4.47. The molecule has 0 N–H and O–H groups in total. The highest BCUT2D eigenvalue weighted by atomic mass is 32.1. The van der Waals surface area contributed by atoms with Crippen LogP contribution in [0.4, 0.5) is 0 Å². The maximum absolute atomic E-state index is 2.39. The van der Waals surface area contributed by atoms with Crippen molar-refractivity contribution in [3.8, 4) is 5.00 Å². The number of aromatic nitrogens is 1. The number of fused-ring (bicyclic) bond motifs is 3. The maximum atomic E-state index is 2.39. The van der Waals surface area contributed by atoms with Gasteiger partial charge in [0, 0.05) is 15.6 Å². The van der Waals surface area contributed by atoms with Gasteiger partial charge in [-0.1, -0.05) is 23.3 Å². The van der Waals surface area contributed by atoms with Gasteiger partial charge in [0.15, 0.2) is 0 Å². The van der Waals surface area contributed by atoms with E-state index in [9.17, 15) is 0 Å². The fraction of sp³-hybridized carbons (Fsp3) is 0.158. The van der Waals surface area contributed by atoms with Gasteiger partial charge in [-0.2, -0.15) is 0 Å². The predicted octanol–water partition coefficient (Wildman–Crippen LogP) is 5.77. The summed E-state index contributed by atoms with van der Waals surface area (Å²) >= 11 is 1.85. The Bertz CT molecular complexity index is 913. The lowest BCUT2D eigenvalue weighted by Crippen LogP contribution is -1.89. The second-order valence-electron chi connectivity index (χ2n) is 5.76. The molecule has 0 atom stereocenters. The van der Waals surface area contributed by atoms with Gasteiger partial charge in [0.1, 0.15) is 5.00 Å². The minimum Gasteiger partial charge on any atom is -0.301 e. The third-order valence-corrected chi connectivity index (χ3v) is 5.01. The van der Waals surface area contributed by atoms with E-state index in [1.54, 1.807) is 0 Å². The molecule has 0 bridgehead atoms. The highest BCUT2D eigenvalue weighted by molar-refractivity contribution is 7.14. The van der Waals surface area contributed by atoms with Crippen molar-refractivity contribution in [2.45, 2.75) is 20.8 Å². The fourth-order valence-corrected chi connectivity index (χ4v) is 3.92. The highest BCUT2D eigenvalue weighted by Gasteiger charge is 2.13. The Balaban J connectivity index is 2.21. The average Bonchev–Trinajstić information content (AvgIpc) is 3.00. The van der Waals surface area contributed by atoms with E-state index in [2.05, 4.69) is 73.9 Å². The van der Waals surface area contributed by atoms with Crippen molar-refractivity contribution in [3.05, 3.63) is 64.5 Å². The molecule has 0 saturated carbocycles. The van der Waals surface area contributed by atoms with Gasteiger partial charge in [-0.25, -0.2) is 0 Å². The number of rotatable bonds is 1. The molecule has 0 aliphatic rings. The molecule has 2 aromatic heterocycles. The first-order valence-corrected chi connectivity index (χ1v) is 8.03. The molecule has 4 rings (SSSR count). The highest BCUT2D eigenvalue weighted by Crippen LogP contribution is 2.35. The number of hydrogen-bond acceptors (Lipinski definition) is 1. The van der Waals surface area contributed by atoms with Gasteiger partial charge in [-0.05, 0) is 57.2 Å². The normalized spacial score (nSPS) is 11.6. The molecule has 2 heterocycles. The topological polar surface area (TPSA) is 4.93 Å². The van der Waals surface area contributed by atoms with Crippen LogP contribution in [0.25, 0.3) is 26.8 Å². The summed E-state index contributed by atoms with van der Waals surface area (Å²) in [5.41, 5.74) is 5.21. The Labute approximate surface area is 128 Å². The quantitative estimate of drug-likeness (QED) is 0.419. The molecular weight excluding hydrogens is 274 g/mol. The molecule has 0 spiro atoms. The smallest absolute Gasteiger partial charge is 0.100 e. The summed E-state index contributed by atoms with van der Waals surface area (Å²) in [5, 5.41) is 3.99. The zero-order chi connectivity index (χ0) is 14.6. The number of hydrogen-bond donors (Lipinski definition) is 0. The summed E-state index contributed by atoms with van der Waals surface area (Å²) in [7, 11) is 0. The van der Waals surface area contributed by atoms with Gasteiger partial charge in [-0.3, -0.25) is 0 Å². The first-order chi connectivity index (χ1) is 10.1. The molecule has 2 aromatic carbocycles. The van der Waals surface area contributed by atoms with Crippen LogP contribution in [0.2, 0.25) is 0 Å². The molecule has 0 radical (unpaired) electrons. The molecule has 0 amide bonds. The van der Waals surface area contributed by atoms with Crippen LogP contribution < -0.4 is 0 Å². The van der Waals surface area contributed by atoms with Crippen molar-refractivity contribution in [2.24, 2.45) is 0 Å². The van der Waals surface area contributed by atoms with Crippen LogP contribution in [-0.4, -0.2) is 4.57 Å². The van der Waals surface area contributed by atoms with Crippen LogP contribution in [0, 0.1) is 20.8 Å². The van der Waals surface area contributed by atoms with E-state index in [1.807, 2.05) is 11.3 Å². The molecule has 0 unspecified atom stereocenters. The van der Waals surface area contributed by atoms with E-state index in [1.165, 1.54) is 42.8 Å². The molecule has 0 saturated heterocycles. The van der Waals surface area contributed by atoms with Gasteiger partial charge in [0.2, 0.25) is 0 Å². The van der Waals surface area contributed by atoms with Gasteiger partial charge in [-0.15, -0.1) is 11.3 Å². The van der Waals surface area contributed by atoms with E-state index < -0.39 is 0 Å². The fourth-order valence-electron chi connectivity index (χ4n) is 3.03. The maximum Gasteiger partial charge on any atom is 0.100 e. The van der Waals surface area contributed by atoms with Crippen LogP contribution in [0.3, 0.4) is 0 Å². The van der Waals surface area contributed by atoms with Gasteiger partial charge in [0.05, 0.1) is 11.0 Å². The number of thiophene rings is 1. The van der Waals surface area contributed by atoms with Crippen molar-refractivity contribution in [1.29, 1.82) is 0 Å². The van der Waals surface area contributed by atoms with Crippen molar-refractivity contribution in [2.75, 3.05) is 0 Å². The number of benzene rings is 2. The molecule has 1 nitrogen and oxygen atoms in total. The largest absolute Gasteiger partial charge is 0.301 e. The molecule has 21 heavy (non-hydrogen) atoms. The molecule has 0 fully saturated rings. The van der Waals surface area contributed by atoms with Gasteiger partial charge in [0.25, 0.3) is 0 Å². The summed E-state index contributed by atoms with van der Waals surface area (Å²) in [6, 6.07) is 17.9. The summed E-state index contributed by atoms with van der Waals surface area (Å²) < 4.78 is 2.39. The van der Waals surface area contributed by atoms with E-state index >= 15 is 0 Å². The Morgan fingerprint density at radius 3 is 1.76 bits per heavy atom. The summed E-state index contributed by atoms with van der Waals surface area (Å²) in [4.78, 5) is 1.35. The summed E-state index contributed by atoms with van der Waals surface area (Å²) in [6.45, 7) is 6.48. The molecular formula is C19H17NS. The first kappa shape index (κ1) is 12.7. The zero-order valence-electron chi connectivity index (χ0n) is 12.5. The second-order valence-corrected chi connectivity index (χ2v) is 7.03. The molecule has 0 aliphatic carbocycles. The van der Waals surface area contributed by atoms with Gasteiger partial charge >= 0.3 is 0 Å². The number of nitrogens with zero attached hydrogens (tertiary/aromatic N) is 1. The van der Waals surface area contributed by atoms with Crippen LogP contribution in [0.15, 0.2) is 48.5 Å². The zero-order valence-corrected chi connectivity index (χ0v) is 13.3. The van der Waals surface area contributed by atoms with E-state index in [-0.39, 0.29) is 0 Å². The summed E-state index contributed by atoms with van der Waals surface area (Å²) in [6.07, 6.45) is 0.